The number of fused-ring (bicyclic) bond motifs is 1. The summed E-state index contributed by atoms with van der Waals surface area (Å²) in [6, 6.07) is 6.10. The molecule has 1 aromatic heterocycles. The topological polar surface area (TPSA) is 45.3 Å². The van der Waals surface area contributed by atoms with Gasteiger partial charge >= 0.3 is 0 Å². The smallest absolute Gasteiger partial charge is 0.227 e. The number of aromatic amines is 1. The second kappa shape index (κ2) is 6.84. The Bertz CT molecular complexity index is 976. The van der Waals surface area contributed by atoms with Gasteiger partial charge in [0.1, 0.15) is 5.75 Å². The van der Waals surface area contributed by atoms with E-state index in [4.69, 9.17) is 4.74 Å². The first-order valence-corrected chi connectivity index (χ1v) is 10.1. The summed E-state index contributed by atoms with van der Waals surface area (Å²) in [5.74, 6) is 1.66. The predicted octanol–water partition coefficient (Wildman–Crippen LogP) is 5.03. The van der Waals surface area contributed by atoms with Crippen molar-refractivity contribution in [3.63, 3.8) is 0 Å². The standard InChI is InChI=1S/C24H30N2O2/c1-15(2)12-20-22(24(20,3)4)23(27)26-10-8-16(9-11-26)19-14-25-21-7-6-17(28-5)13-18(19)21/h6-8,12-14,20,22,25H,9-11H2,1-5H3/t20-,22-/m0/s1. The maximum absolute atomic E-state index is 13.1. The number of carbonyl (C=O) groups excluding carboxylic acids is 1. The van der Waals surface area contributed by atoms with Gasteiger partial charge in [0.15, 0.2) is 0 Å². The number of benzene rings is 1. The Morgan fingerprint density at radius 1 is 1.32 bits per heavy atom. The molecule has 2 aromatic rings. The first-order valence-electron chi connectivity index (χ1n) is 10.1. The van der Waals surface area contributed by atoms with Gasteiger partial charge in [-0.3, -0.25) is 4.79 Å². The Kier molecular flexibility index (Phi) is 4.60. The van der Waals surface area contributed by atoms with E-state index in [2.05, 4.69) is 63.2 Å². The number of methoxy groups -OCH3 is 1. The lowest BCUT2D eigenvalue weighted by atomic mass is 9.98. The quantitative estimate of drug-likeness (QED) is 0.759. The Morgan fingerprint density at radius 2 is 2.11 bits per heavy atom. The third-order valence-corrected chi connectivity index (χ3v) is 6.45. The Morgan fingerprint density at radius 3 is 2.75 bits per heavy atom. The number of hydrogen-bond donors (Lipinski definition) is 1. The fourth-order valence-corrected chi connectivity index (χ4v) is 4.62. The fraction of sp³-hybridized carbons (Fsp3) is 0.458. The van der Waals surface area contributed by atoms with Crippen LogP contribution in [-0.2, 0) is 4.79 Å². The van der Waals surface area contributed by atoms with E-state index < -0.39 is 0 Å². The summed E-state index contributed by atoms with van der Waals surface area (Å²) in [7, 11) is 1.69. The molecule has 2 aliphatic rings. The van der Waals surface area contributed by atoms with E-state index in [1.807, 2.05) is 11.0 Å². The van der Waals surface area contributed by atoms with Crippen LogP contribution in [0.5, 0.6) is 5.75 Å². The van der Waals surface area contributed by atoms with Crippen molar-refractivity contribution in [1.29, 1.82) is 0 Å². The number of ether oxygens (including phenoxy) is 1. The zero-order valence-electron chi connectivity index (χ0n) is 17.5. The molecule has 0 unspecified atom stereocenters. The summed E-state index contributed by atoms with van der Waals surface area (Å²) in [6.45, 7) is 10.1. The van der Waals surface area contributed by atoms with E-state index in [1.165, 1.54) is 22.1 Å². The highest BCUT2D eigenvalue weighted by molar-refractivity contribution is 5.94. The molecule has 1 saturated carbocycles. The number of nitrogens with zero attached hydrogens (tertiary/aromatic N) is 1. The molecule has 148 valence electrons. The van der Waals surface area contributed by atoms with Crippen molar-refractivity contribution < 1.29 is 9.53 Å². The normalized spacial score (nSPS) is 23.3. The Labute approximate surface area is 167 Å². The van der Waals surface area contributed by atoms with Gasteiger partial charge in [0, 0.05) is 35.8 Å². The third kappa shape index (κ3) is 3.15. The van der Waals surface area contributed by atoms with Crippen molar-refractivity contribution in [1.82, 2.24) is 9.88 Å². The van der Waals surface area contributed by atoms with Crippen molar-refractivity contribution in [3.05, 3.63) is 47.7 Å². The van der Waals surface area contributed by atoms with E-state index in [0.717, 1.165) is 24.2 Å². The van der Waals surface area contributed by atoms with Gasteiger partial charge in [-0.05, 0) is 55.4 Å². The molecule has 1 N–H and O–H groups in total. The molecule has 1 aliphatic carbocycles. The molecule has 0 saturated heterocycles. The molecular weight excluding hydrogens is 348 g/mol. The van der Waals surface area contributed by atoms with Crippen molar-refractivity contribution in [2.24, 2.45) is 17.3 Å². The summed E-state index contributed by atoms with van der Waals surface area (Å²) in [5.41, 5.74) is 5.00. The van der Waals surface area contributed by atoms with Crippen LogP contribution >= 0.6 is 0 Å². The second-order valence-corrected chi connectivity index (χ2v) is 8.95. The van der Waals surface area contributed by atoms with Gasteiger partial charge in [0.05, 0.1) is 13.0 Å². The number of rotatable bonds is 4. The average molecular weight is 379 g/mol. The fourth-order valence-electron chi connectivity index (χ4n) is 4.62. The molecule has 2 atom stereocenters. The second-order valence-electron chi connectivity index (χ2n) is 8.95. The summed E-state index contributed by atoms with van der Waals surface area (Å²) in [5, 5.41) is 1.18. The summed E-state index contributed by atoms with van der Waals surface area (Å²) >= 11 is 0. The molecule has 0 radical (unpaired) electrons. The molecule has 4 nitrogen and oxygen atoms in total. The van der Waals surface area contributed by atoms with E-state index in [9.17, 15) is 4.79 Å². The number of nitrogens with one attached hydrogen (secondary N) is 1. The highest BCUT2D eigenvalue weighted by Crippen LogP contribution is 2.60. The van der Waals surface area contributed by atoms with Crippen molar-refractivity contribution in [2.45, 2.75) is 34.1 Å². The van der Waals surface area contributed by atoms with Crippen LogP contribution in [0.2, 0.25) is 0 Å². The maximum Gasteiger partial charge on any atom is 0.227 e. The molecular formula is C24H30N2O2. The number of allylic oxidation sites excluding steroid dienone is 2. The van der Waals surface area contributed by atoms with Crippen molar-refractivity contribution in [2.75, 3.05) is 20.2 Å². The highest BCUT2D eigenvalue weighted by atomic mass is 16.5. The Hall–Kier alpha value is -2.49. The van der Waals surface area contributed by atoms with Crippen LogP contribution in [0.25, 0.3) is 16.5 Å². The molecule has 2 heterocycles. The highest BCUT2D eigenvalue weighted by Gasteiger charge is 2.61. The molecule has 1 amide bonds. The number of aromatic nitrogens is 1. The van der Waals surface area contributed by atoms with Crippen LogP contribution in [0, 0.1) is 17.3 Å². The van der Waals surface area contributed by atoms with E-state index in [-0.39, 0.29) is 11.3 Å². The molecule has 1 fully saturated rings. The van der Waals surface area contributed by atoms with Crippen molar-refractivity contribution >= 4 is 22.4 Å². The summed E-state index contributed by atoms with van der Waals surface area (Å²) < 4.78 is 5.38. The predicted molar refractivity (Wildman–Crippen MR) is 114 cm³/mol. The average Bonchev–Trinajstić information content (AvgIpc) is 3.02. The molecule has 1 aliphatic heterocycles. The molecule has 0 spiro atoms. The zero-order valence-corrected chi connectivity index (χ0v) is 17.5. The van der Waals surface area contributed by atoms with Gasteiger partial charge in [-0.1, -0.05) is 31.6 Å². The maximum atomic E-state index is 13.1. The first-order chi connectivity index (χ1) is 13.3. The molecule has 4 heteroatoms. The van der Waals surface area contributed by atoms with Gasteiger partial charge in [0.25, 0.3) is 0 Å². The van der Waals surface area contributed by atoms with Crippen molar-refractivity contribution in [3.8, 4) is 5.75 Å². The molecule has 1 aromatic carbocycles. The molecule has 28 heavy (non-hydrogen) atoms. The van der Waals surface area contributed by atoms with Crippen LogP contribution in [-0.4, -0.2) is 36.0 Å². The number of amides is 1. The van der Waals surface area contributed by atoms with E-state index in [1.54, 1.807) is 7.11 Å². The first kappa shape index (κ1) is 18.9. The van der Waals surface area contributed by atoms with Gasteiger partial charge in [0.2, 0.25) is 5.91 Å². The lowest BCUT2D eigenvalue weighted by Gasteiger charge is -2.27. The minimum Gasteiger partial charge on any atom is -0.497 e. The zero-order chi connectivity index (χ0) is 20.1. The largest absolute Gasteiger partial charge is 0.497 e. The molecule has 4 rings (SSSR count). The number of carbonyl (C=O) groups is 1. The van der Waals surface area contributed by atoms with Crippen LogP contribution in [0.1, 0.15) is 39.7 Å². The molecule has 0 bridgehead atoms. The van der Waals surface area contributed by atoms with Gasteiger partial charge < -0.3 is 14.6 Å². The Balaban J connectivity index is 1.51. The number of hydrogen-bond acceptors (Lipinski definition) is 2. The summed E-state index contributed by atoms with van der Waals surface area (Å²) in [4.78, 5) is 18.5. The monoisotopic (exact) mass is 378 g/mol. The van der Waals surface area contributed by atoms with Crippen LogP contribution in [0.3, 0.4) is 0 Å². The lowest BCUT2D eigenvalue weighted by molar-refractivity contribution is -0.133. The van der Waals surface area contributed by atoms with Crippen LogP contribution in [0.15, 0.2) is 42.1 Å². The van der Waals surface area contributed by atoms with E-state index in [0.29, 0.717) is 18.4 Å². The number of H-pyrrole nitrogens is 1. The minimum atomic E-state index is 0.0751. The lowest BCUT2D eigenvalue weighted by Crippen LogP contribution is -2.36. The minimum absolute atomic E-state index is 0.0751. The van der Waals surface area contributed by atoms with Gasteiger partial charge in [-0.2, -0.15) is 0 Å². The third-order valence-electron chi connectivity index (χ3n) is 6.45. The van der Waals surface area contributed by atoms with E-state index >= 15 is 0 Å². The van der Waals surface area contributed by atoms with Gasteiger partial charge in [-0.15, -0.1) is 0 Å². The summed E-state index contributed by atoms with van der Waals surface area (Å²) in [6.07, 6.45) is 7.44. The van der Waals surface area contributed by atoms with Crippen LogP contribution < -0.4 is 4.74 Å². The SMILES string of the molecule is COc1ccc2[nH]cc(C3=CCN(C(=O)[C@@H]4[C@H](C=C(C)C)C4(C)C)CC3)c2c1. The van der Waals surface area contributed by atoms with Crippen LogP contribution in [0.4, 0.5) is 0 Å². The van der Waals surface area contributed by atoms with Gasteiger partial charge in [-0.25, -0.2) is 0 Å².